The largest absolute Gasteiger partial charge is 0.309 e. The first-order valence-electron chi connectivity index (χ1n) is 38.2. The van der Waals surface area contributed by atoms with Gasteiger partial charge in [0.2, 0.25) is 0 Å². The van der Waals surface area contributed by atoms with Crippen molar-refractivity contribution in [2.24, 2.45) is 0 Å². The molecule has 0 unspecified atom stereocenters. The minimum absolute atomic E-state index is 0.804. The third-order valence-electron chi connectivity index (χ3n) is 22.9. The molecule has 112 heavy (non-hydrogen) atoms. The summed E-state index contributed by atoms with van der Waals surface area (Å²) in [6.07, 6.45) is 0. The third-order valence-corrected chi connectivity index (χ3v) is 22.9. The number of fused-ring (bicyclic) bond motifs is 20. The quantitative estimate of drug-likeness (QED) is 0.152. The molecule has 0 saturated carbocycles. The monoisotopic (exact) mass is 1420 g/mol. The van der Waals surface area contributed by atoms with Crippen molar-refractivity contribution in [2.45, 2.75) is 0 Å². The maximum Gasteiger partial charge on any atom is 0.165 e. The van der Waals surface area contributed by atoms with E-state index in [1.54, 1.807) is 0 Å². The molecule has 0 saturated heterocycles. The van der Waals surface area contributed by atoms with E-state index in [2.05, 4.69) is 382 Å². The molecule has 24 rings (SSSR count). The SMILES string of the molecule is c1cc(-c2ccc3ccccc3c2)cc(-c2nc3ccccc3nc2-n2c3ccc(-n4c5ccccc5c5ccccc54)cc3c3c4ccccc4ccc32)c1.c1cc(-c2nc3ccccc3nc2-n2c3ccc(-n4c5ccccc5c5ccccc54)cc3c3c4ccccc4ccc32)cc(-c2cccc3ccccc23)c1. The first-order valence-corrected chi connectivity index (χ1v) is 38.2. The smallest absolute Gasteiger partial charge is 0.165 e. The Balaban J connectivity index is 0.000000134. The lowest BCUT2D eigenvalue weighted by Gasteiger charge is -2.15. The van der Waals surface area contributed by atoms with Gasteiger partial charge in [-0.25, -0.2) is 19.9 Å². The zero-order valence-electron chi connectivity index (χ0n) is 60.5. The molecule has 0 radical (unpaired) electrons. The molecule has 18 aromatic carbocycles. The Labute approximate surface area is 642 Å². The van der Waals surface area contributed by atoms with Gasteiger partial charge in [-0.3, -0.25) is 9.13 Å². The van der Waals surface area contributed by atoms with Crippen molar-refractivity contribution in [2.75, 3.05) is 0 Å². The van der Waals surface area contributed by atoms with Gasteiger partial charge in [-0.15, -0.1) is 0 Å². The third kappa shape index (κ3) is 9.95. The van der Waals surface area contributed by atoms with Gasteiger partial charge in [0.25, 0.3) is 0 Å². The van der Waals surface area contributed by atoms with Crippen molar-refractivity contribution < 1.29 is 0 Å². The van der Waals surface area contributed by atoms with Crippen LogP contribution < -0.4 is 0 Å². The van der Waals surface area contributed by atoms with E-state index in [-0.39, 0.29) is 0 Å². The van der Waals surface area contributed by atoms with Crippen molar-refractivity contribution in [3.8, 4) is 67.8 Å². The fourth-order valence-electron chi connectivity index (χ4n) is 17.9. The summed E-state index contributed by atoms with van der Waals surface area (Å²) in [4.78, 5) is 21.8. The van der Waals surface area contributed by atoms with Crippen molar-refractivity contribution in [3.05, 3.63) is 388 Å². The number of nitrogens with zero attached hydrogens (tertiary/aromatic N) is 8. The van der Waals surface area contributed by atoms with Crippen molar-refractivity contribution >= 4 is 152 Å². The lowest BCUT2D eigenvalue weighted by molar-refractivity contribution is 1.08. The van der Waals surface area contributed by atoms with Crippen LogP contribution in [0.15, 0.2) is 388 Å². The second kappa shape index (κ2) is 25.3. The molecule has 24 aromatic rings. The highest BCUT2D eigenvalue weighted by Crippen LogP contribution is 2.46. The van der Waals surface area contributed by atoms with Crippen LogP contribution in [-0.4, -0.2) is 38.2 Å². The molecule has 0 aliphatic rings. The highest BCUT2D eigenvalue weighted by atomic mass is 15.1. The van der Waals surface area contributed by atoms with Crippen LogP contribution in [-0.2, 0) is 0 Å². The zero-order chi connectivity index (χ0) is 73.5. The van der Waals surface area contributed by atoms with Gasteiger partial charge >= 0.3 is 0 Å². The van der Waals surface area contributed by atoms with E-state index in [4.69, 9.17) is 19.9 Å². The lowest BCUT2D eigenvalue weighted by Crippen LogP contribution is -2.04. The van der Waals surface area contributed by atoms with Crippen molar-refractivity contribution in [1.29, 1.82) is 0 Å². The average molecular weight is 1430 g/mol. The molecule has 0 amide bonds. The normalized spacial score (nSPS) is 11.9. The Morgan fingerprint density at radius 2 is 0.500 bits per heavy atom. The second-order valence-electron chi connectivity index (χ2n) is 29.2. The number of hydrogen-bond donors (Lipinski definition) is 0. The van der Waals surface area contributed by atoms with Gasteiger partial charge in [-0.2, -0.15) is 0 Å². The Morgan fingerprint density at radius 1 is 0.170 bits per heavy atom. The van der Waals surface area contributed by atoms with Gasteiger partial charge in [0.15, 0.2) is 11.6 Å². The van der Waals surface area contributed by atoms with Crippen LogP contribution >= 0.6 is 0 Å². The van der Waals surface area contributed by atoms with Crippen LogP contribution in [0, 0.1) is 0 Å². The van der Waals surface area contributed by atoms with Crippen LogP contribution in [0.25, 0.3) is 220 Å². The maximum absolute atomic E-state index is 5.48. The molecule has 8 nitrogen and oxygen atoms in total. The molecule has 0 atom stereocenters. The molecule has 520 valence electrons. The molecule has 8 heteroatoms. The van der Waals surface area contributed by atoms with Crippen LogP contribution in [0.2, 0.25) is 0 Å². The molecule has 0 aliphatic heterocycles. The maximum atomic E-state index is 5.48. The summed E-state index contributed by atoms with van der Waals surface area (Å²) < 4.78 is 9.48. The molecule has 0 aliphatic carbocycles. The number of rotatable bonds is 8. The summed E-state index contributed by atoms with van der Waals surface area (Å²) in [6.45, 7) is 0. The molecule has 0 fully saturated rings. The standard InChI is InChI=1S/2C52H32N4/c1-3-18-38-33(13-1)15-12-22-39(38)35-16-11-17-36(31-35)51-52(54-45-24-8-7-23-44(45)53-51)56-48-30-28-37(32-43(48)50-40-19-4-2-14-34(40)27-29-49(50)56)55-46-25-9-5-20-41(46)42-21-6-10-26-47(42)55;1-2-14-35-30-37(25-24-33(35)12-1)36-15-11-16-38(31-36)51-52(54-45-21-8-7-20-44(45)53-51)56-48-29-27-39(32-43(48)50-40-17-4-3-13-34(40)26-28-49(50)56)55-46-22-9-5-18-41(46)42-19-6-10-23-47(42)55/h2*1-32H. The molecule has 6 heterocycles. The lowest BCUT2D eigenvalue weighted by atomic mass is 9.96. The van der Waals surface area contributed by atoms with Crippen LogP contribution in [0.1, 0.15) is 0 Å². The van der Waals surface area contributed by atoms with Crippen molar-refractivity contribution in [3.63, 3.8) is 0 Å². The van der Waals surface area contributed by atoms with Gasteiger partial charge in [0.05, 0.1) is 66.2 Å². The average Bonchev–Trinajstić information content (AvgIpc) is 1.54. The number of para-hydroxylation sites is 8. The summed E-state index contributed by atoms with van der Waals surface area (Å²) in [5.74, 6) is 1.61. The number of aromatic nitrogens is 8. The Morgan fingerprint density at radius 3 is 0.991 bits per heavy atom. The summed E-state index contributed by atoms with van der Waals surface area (Å²) >= 11 is 0. The predicted molar refractivity (Wildman–Crippen MR) is 468 cm³/mol. The van der Waals surface area contributed by atoms with E-state index in [1.807, 2.05) is 24.3 Å². The highest BCUT2D eigenvalue weighted by Gasteiger charge is 2.26. The van der Waals surface area contributed by atoms with Gasteiger partial charge in [0, 0.05) is 65.6 Å². The molecular formula is C104H64N8. The van der Waals surface area contributed by atoms with E-state index in [0.29, 0.717) is 0 Å². The minimum atomic E-state index is 0.804. The summed E-state index contributed by atoms with van der Waals surface area (Å²) in [5.41, 5.74) is 23.1. The van der Waals surface area contributed by atoms with E-state index >= 15 is 0 Å². The van der Waals surface area contributed by atoms with Crippen LogP contribution in [0.4, 0.5) is 0 Å². The summed E-state index contributed by atoms with van der Waals surface area (Å²) in [5, 5.41) is 19.5. The van der Waals surface area contributed by atoms with E-state index in [0.717, 1.165) is 101 Å². The topological polar surface area (TPSA) is 71.3 Å². The molecule has 0 N–H and O–H groups in total. The number of hydrogen-bond acceptors (Lipinski definition) is 4. The number of benzene rings is 18. The van der Waals surface area contributed by atoms with Gasteiger partial charge in [-0.05, 0) is 181 Å². The Bertz CT molecular complexity index is 7930. The molecule has 6 aromatic heterocycles. The summed E-state index contributed by atoms with van der Waals surface area (Å²) in [6, 6.07) is 139. The predicted octanol–water partition coefficient (Wildman–Crippen LogP) is 26.9. The van der Waals surface area contributed by atoms with Crippen LogP contribution in [0.3, 0.4) is 0 Å². The first kappa shape index (κ1) is 63.0. The van der Waals surface area contributed by atoms with E-state index < -0.39 is 0 Å². The summed E-state index contributed by atoms with van der Waals surface area (Å²) in [7, 11) is 0. The Kier molecular flexibility index (Phi) is 14.2. The van der Waals surface area contributed by atoms with Gasteiger partial charge in [0.1, 0.15) is 11.4 Å². The van der Waals surface area contributed by atoms with Crippen molar-refractivity contribution in [1.82, 2.24) is 38.2 Å². The molecule has 0 spiro atoms. The van der Waals surface area contributed by atoms with Gasteiger partial charge < -0.3 is 9.13 Å². The molecule has 0 bridgehead atoms. The zero-order valence-corrected chi connectivity index (χ0v) is 60.5. The van der Waals surface area contributed by atoms with E-state index in [1.165, 1.54) is 119 Å². The molecular weight excluding hydrogens is 1360 g/mol. The first-order chi connectivity index (χ1) is 55.5. The van der Waals surface area contributed by atoms with Crippen LogP contribution in [0.5, 0.6) is 0 Å². The van der Waals surface area contributed by atoms with Gasteiger partial charge in [-0.1, -0.05) is 273 Å². The second-order valence-corrected chi connectivity index (χ2v) is 29.2. The minimum Gasteiger partial charge on any atom is -0.309 e. The fourth-order valence-corrected chi connectivity index (χ4v) is 17.9. The van der Waals surface area contributed by atoms with E-state index in [9.17, 15) is 0 Å². The fraction of sp³-hybridized carbons (Fsp3) is 0. The highest BCUT2D eigenvalue weighted by molar-refractivity contribution is 6.24. The Hall–Kier alpha value is -15.1.